The third-order valence-electron chi connectivity index (χ3n) is 5.70. The molecule has 0 radical (unpaired) electrons. The van der Waals surface area contributed by atoms with Gasteiger partial charge in [-0.05, 0) is 47.8 Å². The van der Waals surface area contributed by atoms with E-state index < -0.39 is 0 Å². The van der Waals surface area contributed by atoms with E-state index in [0.29, 0.717) is 16.1 Å². The average Bonchev–Trinajstić information content (AvgIpc) is 3.25. The van der Waals surface area contributed by atoms with Crippen LogP contribution in [0.4, 0.5) is 0 Å². The zero-order valence-corrected chi connectivity index (χ0v) is 22.7. The van der Waals surface area contributed by atoms with Crippen LogP contribution in [-0.2, 0) is 4.79 Å². The fraction of sp³-hybridized carbons (Fsp3) is 0.333. The highest BCUT2D eigenvalue weighted by Crippen LogP contribution is 2.35. The van der Waals surface area contributed by atoms with E-state index in [4.69, 9.17) is 0 Å². The molecule has 0 aliphatic heterocycles. The number of nitrogens with one attached hydrogen (secondary N) is 1. The molecule has 10 heteroatoms. The number of carbonyl (C=O) groups is 1. The van der Waals surface area contributed by atoms with Crippen molar-refractivity contribution >= 4 is 55.7 Å². The fourth-order valence-electron chi connectivity index (χ4n) is 3.96. The minimum absolute atomic E-state index is 0.0554. The molecule has 7 nitrogen and oxygen atoms in total. The highest BCUT2D eigenvalue weighted by atomic mass is 79.9. The summed E-state index contributed by atoms with van der Waals surface area (Å²) in [4.78, 5) is 12.4. The van der Waals surface area contributed by atoms with Gasteiger partial charge in [-0.2, -0.15) is 5.10 Å². The lowest BCUT2D eigenvalue weighted by Gasteiger charge is -2.25. The van der Waals surface area contributed by atoms with Crippen LogP contribution in [0.5, 0.6) is 5.75 Å². The molecular weight excluding hydrogens is 582 g/mol. The molecule has 178 valence electrons. The number of phenols is 1. The Kier molecular flexibility index (Phi) is 8.44. The Bertz CT molecular complexity index is 1190. The van der Waals surface area contributed by atoms with E-state index >= 15 is 0 Å². The summed E-state index contributed by atoms with van der Waals surface area (Å²) in [5.74, 6) is 0.803. The summed E-state index contributed by atoms with van der Waals surface area (Å²) in [5.41, 5.74) is 5.23. The number of benzene rings is 2. The Labute approximate surface area is 219 Å². The van der Waals surface area contributed by atoms with E-state index in [0.717, 1.165) is 33.9 Å². The number of amides is 1. The van der Waals surface area contributed by atoms with Crippen LogP contribution in [0.3, 0.4) is 0 Å². The second-order valence-electron chi connectivity index (χ2n) is 8.24. The molecule has 0 spiro atoms. The van der Waals surface area contributed by atoms with Gasteiger partial charge in [-0.25, -0.2) is 5.43 Å². The van der Waals surface area contributed by atoms with Crippen LogP contribution in [-0.4, -0.2) is 37.7 Å². The van der Waals surface area contributed by atoms with Gasteiger partial charge in [-0.15, -0.1) is 10.2 Å². The number of phenolic OH excluding ortho intramolecular Hbond substituents is 1. The average molecular weight is 607 g/mol. The molecule has 1 fully saturated rings. The van der Waals surface area contributed by atoms with Gasteiger partial charge in [0.25, 0.3) is 5.91 Å². The Morgan fingerprint density at radius 1 is 1.21 bits per heavy atom. The van der Waals surface area contributed by atoms with Crippen molar-refractivity contribution in [3.63, 3.8) is 0 Å². The zero-order valence-electron chi connectivity index (χ0n) is 18.7. The van der Waals surface area contributed by atoms with Crippen LogP contribution >= 0.6 is 43.6 Å². The fourth-order valence-corrected chi connectivity index (χ4v) is 6.02. The first kappa shape index (κ1) is 24.9. The molecule has 0 saturated heterocycles. The van der Waals surface area contributed by atoms with Crippen LogP contribution in [0.1, 0.15) is 49.3 Å². The Hall–Kier alpha value is -2.17. The molecule has 2 aromatic carbocycles. The first-order valence-corrected chi connectivity index (χ1v) is 13.6. The van der Waals surface area contributed by atoms with Crippen LogP contribution in [0.2, 0.25) is 0 Å². The van der Waals surface area contributed by atoms with Crippen LogP contribution in [0.15, 0.2) is 55.6 Å². The molecule has 1 saturated carbocycles. The normalized spacial score (nSPS) is 14.6. The van der Waals surface area contributed by atoms with Crippen LogP contribution in [0.25, 0.3) is 11.4 Å². The number of halogens is 2. The van der Waals surface area contributed by atoms with Crippen molar-refractivity contribution in [1.29, 1.82) is 0 Å². The van der Waals surface area contributed by atoms with Crippen LogP contribution in [0, 0.1) is 6.92 Å². The lowest BCUT2D eigenvalue weighted by atomic mass is 9.95. The lowest BCUT2D eigenvalue weighted by molar-refractivity contribution is -0.118. The van der Waals surface area contributed by atoms with E-state index in [9.17, 15) is 9.90 Å². The summed E-state index contributed by atoms with van der Waals surface area (Å²) < 4.78 is 3.53. The number of aromatic hydroxyl groups is 1. The lowest BCUT2D eigenvalue weighted by Crippen LogP contribution is -2.20. The van der Waals surface area contributed by atoms with E-state index in [2.05, 4.69) is 88.3 Å². The van der Waals surface area contributed by atoms with Gasteiger partial charge in [-0.1, -0.05) is 76.8 Å². The van der Waals surface area contributed by atoms with Crippen molar-refractivity contribution < 1.29 is 9.90 Å². The summed E-state index contributed by atoms with van der Waals surface area (Å²) in [6, 6.07) is 12.1. The molecular formula is C24H25Br2N5O2S. The van der Waals surface area contributed by atoms with Crippen LogP contribution < -0.4 is 5.43 Å². The van der Waals surface area contributed by atoms with Crippen molar-refractivity contribution in [2.75, 3.05) is 5.75 Å². The van der Waals surface area contributed by atoms with E-state index in [1.807, 2.05) is 0 Å². The molecule has 0 atom stereocenters. The van der Waals surface area contributed by atoms with Gasteiger partial charge in [0.15, 0.2) is 11.0 Å². The maximum Gasteiger partial charge on any atom is 0.250 e. The smallest absolute Gasteiger partial charge is 0.250 e. The summed E-state index contributed by atoms with van der Waals surface area (Å²) >= 11 is 8.02. The predicted molar refractivity (Wildman–Crippen MR) is 142 cm³/mol. The number of aromatic nitrogens is 3. The zero-order chi connectivity index (χ0) is 24.1. The summed E-state index contributed by atoms with van der Waals surface area (Å²) in [6.07, 6.45) is 7.22. The largest absolute Gasteiger partial charge is 0.506 e. The number of thioether (sulfide) groups is 1. The third-order valence-corrected chi connectivity index (χ3v) is 7.70. The second kappa shape index (κ2) is 11.5. The van der Waals surface area contributed by atoms with Gasteiger partial charge in [0.05, 0.1) is 16.4 Å². The van der Waals surface area contributed by atoms with Gasteiger partial charge < -0.3 is 5.11 Å². The maximum atomic E-state index is 12.4. The first-order valence-electron chi connectivity index (χ1n) is 11.1. The maximum absolute atomic E-state index is 12.4. The molecule has 4 rings (SSSR count). The van der Waals surface area contributed by atoms with Gasteiger partial charge in [0.2, 0.25) is 0 Å². The molecule has 0 bridgehead atoms. The number of rotatable bonds is 7. The summed E-state index contributed by atoms with van der Waals surface area (Å²) in [7, 11) is 0. The summed E-state index contributed by atoms with van der Waals surface area (Å²) in [6.45, 7) is 2.06. The molecule has 0 unspecified atom stereocenters. The molecule has 1 aliphatic carbocycles. The molecule has 34 heavy (non-hydrogen) atoms. The molecule has 1 heterocycles. The second-order valence-corrected chi connectivity index (χ2v) is 11.0. The number of hydrogen-bond acceptors (Lipinski definition) is 6. The van der Waals surface area contributed by atoms with Crippen molar-refractivity contribution in [3.05, 3.63) is 56.5 Å². The number of hydrazone groups is 1. The highest BCUT2D eigenvalue weighted by molar-refractivity contribution is 9.11. The topological polar surface area (TPSA) is 92.4 Å². The molecule has 1 aromatic heterocycles. The number of carbonyl (C=O) groups excluding carboxylic acids is 1. The monoisotopic (exact) mass is 605 g/mol. The Balaban J connectivity index is 1.46. The van der Waals surface area contributed by atoms with E-state index in [-0.39, 0.29) is 17.4 Å². The van der Waals surface area contributed by atoms with Crippen molar-refractivity contribution in [1.82, 2.24) is 20.2 Å². The van der Waals surface area contributed by atoms with Crippen molar-refractivity contribution in [3.8, 4) is 17.1 Å². The minimum Gasteiger partial charge on any atom is -0.506 e. The summed E-state index contributed by atoms with van der Waals surface area (Å²) in [5, 5.41) is 23.8. The molecule has 1 aliphatic rings. The third kappa shape index (κ3) is 6.09. The Morgan fingerprint density at radius 3 is 2.68 bits per heavy atom. The Morgan fingerprint density at radius 2 is 1.94 bits per heavy atom. The molecule has 3 aromatic rings. The number of aryl methyl sites for hydroxylation is 1. The van der Waals surface area contributed by atoms with Gasteiger partial charge in [-0.3, -0.25) is 9.36 Å². The standard InChI is InChI=1S/C24H25Br2N5O2S/c1-15-7-9-16(10-8-15)23-29-30-24(31(23)19-5-3-2-4-6-19)34-14-21(32)28-27-13-17-11-18(25)12-20(26)22(17)33/h7-13,19,33H,2-6,14H2,1H3,(H,28,32)/b27-13-. The van der Waals surface area contributed by atoms with Gasteiger partial charge >= 0.3 is 0 Å². The number of nitrogens with zero attached hydrogens (tertiary/aromatic N) is 4. The molecule has 1 amide bonds. The number of hydrogen-bond donors (Lipinski definition) is 2. The predicted octanol–water partition coefficient (Wildman–Crippen LogP) is 6.23. The quantitative estimate of drug-likeness (QED) is 0.189. The first-order chi connectivity index (χ1) is 16.4. The SMILES string of the molecule is Cc1ccc(-c2nnc(SCC(=O)N/N=C\c3cc(Br)cc(Br)c3O)n2C2CCCCC2)cc1. The van der Waals surface area contributed by atoms with Gasteiger partial charge in [0.1, 0.15) is 5.75 Å². The van der Waals surface area contributed by atoms with E-state index in [1.54, 1.807) is 12.1 Å². The minimum atomic E-state index is -0.259. The van der Waals surface area contributed by atoms with Crippen molar-refractivity contribution in [2.24, 2.45) is 5.10 Å². The van der Waals surface area contributed by atoms with Gasteiger partial charge in [0, 0.05) is 21.6 Å². The highest BCUT2D eigenvalue weighted by Gasteiger charge is 2.24. The molecule has 2 N–H and O–H groups in total. The van der Waals surface area contributed by atoms with Crippen molar-refractivity contribution in [2.45, 2.75) is 50.2 Å². The van der Waals surface area contributed by atoms with E-state index in [1.165, 1.54) is 42.8 Å².